The maximum absolute atomic E-state index is 12.1. The Morgan fingerprint density at radius 3 is 2.61 bits per heavy atom. The van der Waals surface area contributed by atoms with Crippen LogP contribution in [0.4, 0.5) is 5.69 Å². The van der Waals surface area contributed by atoms with Gasteiger partial charge in [0.1, 0.15) is 10.7 Å². The van der Waals surface area contributed by atoms with Gasteiger partial charge in [-0.15, -0.1) is 23.7 Å². The highest BCUT2D eigenvalue weighted by Crippen LogP contribution is 2.18. The minimum Gasteiger partial charge on any atom is -0.345 e. The van der Waals surface area contributed by atoms with E-state index in [2.05, 4.69) is 10.3 Å². The van der Waals surface area contributed by atoms with Crippen LogP contribution in [-0.2, 0) is 6.54 Å². The van der Waals surface area contributed by atoms with Gasteiger partial charge in [0.05, 0.1) is 0 Å². The fraction of sp³-hybridized carbons (Fsp3) is 0.267. The normalized spacial score (nSPS) is 9.91. The molecule has 0 spiro atoms. The Bertz CT molecular complexity index is 715. The van der Waals surface area contributed by atoms with Gasteiger partial charge in [-0.3, -0.25) is 9.59 Å². The lowest BCUT2D eigenvalue weighted by Gasteiger charge is -2.14. The maximum atomic E-state index is 12.1. The highest BCUT2D eigenvalue weighted by molar-refractivity contribution is 7.09. The van der Waals surface area contributed by atoms with Gasteiger partial charge in [-0.1, -0.05) is 6.07 Å². The molecule has 23 heavy (non-hydrogen) atoms. The zero-order valence-electron chi connectivity index (χ0n) is 13.1. The van der Waals surface area contributed by atoms with Crippen molar-refractivity contribution in [3.63, 3.8) is 0 Å². The molecular weight excluding hydrogens is 336 g/mol. The first kappa shape index (κ1) is 19.1. The average Bonchev–Trinajstić information content (AvgIpc) is 2.97. The summed E-state index contributed by atoms with van der Waals surface area (Å²) in [6.45, 7) is 2.17. The number of nitrogens with two attached hydrogens (primary N) is 1. The fourth-order valence-electron chi connectivity index (χ4n) is 1.88. The number of aromatic nitrogens is 1. The highest BCUT2D eigenvalue weighted by Gasteiger charge is 2.14. The van der Waals surface area contributed by atoms with Gasteiger partial charge >= 0.3 is 0 Å². The van der Waals surface area contributed by atoms with E-state index in [1.54, 1.807) is 37.7 Å². The molecule has 0 saturated heterocycles. The molecule has 2 amide bonds. The van der Waals surface area contributed by atoms with E-state index in [-0.39, 0.29) is 24.2 Å². The number of nitrogens with one attached hydrogen (secondary N) is 1. The summed E-state index contributed by atoms with van der Waals surface area (Å²) in [5, 5.41) is 5.12. The quantitative estimate of drug-likeness (QED) is 0.881. The molecule has 0 unspecified atom stereocenters. The van der Waals surface area contributed by atoms with Crippen LogP contribution >= 0.6 is 23.7 Å². The Balaban J connectivity index is 0.00000264. The molecule has 1 aromatic heterocycles. The molecule has 0 atom stereocenters. The molecule has 0 saturated carbocycles. The average molecular weight is 355 g/mol. The second-order valence-corrected chi connectivity index (χ2v) is 5.96. The number of hydrogen-bond donors (Lipinski definition) is 2. The van der Waals surface area contributed by atoms with Gasteiger partial charge in [0.25, 0.3) is 11.8 Å². The van der Waals surface area contributed by atoms with Crippen LogP contribution in [-0.4, -0.2) is 35.8 Å². The molecule has 2 rings (SSSR count). The lowest BCUT2D eigenvalue weighted by atomic mass is 10.1. The van der Waals surface area contributed by atoms with E-state index in [0.29, 0.717) is 28.5 Å². The van der Waals surface area contributed by atoms with Gasteiger partial charge in [-0.25, -0.2) is 4.98 Å². The molecule has 124 valence electrons. The Morgan fingerprint density at radius 2 is 2.04 bits per heavy atom. The van der Waals surface area contributed by atoms with Gasteiger partial charge in [-0.2, -0.15) is 0 Å². The SMILES string of the molecule is Cc1ccc(NC(=O)c2csc(CN)n2)cc1C(=O)N(C)C.Cl. The molecule has 8 heteroatoms. The molecule has 0 fully saturated rings. The number of carbonyl (C=O) groups excluding carboxylic acids is 2. The molecule has 0 bridgehead atoms. The Morgan fingerprint density at radius 1 is 1.35 bits per heavy atom. The topological polar surface area (TPSA) is 88.3 Å². The predicted octanol–water partition coefficient (Wildman–Crippen LogP) is 2.29. The number of thiazole rings is 1. The minimum absolute atomic E-state index is 0. The standard InChI is InChI=1S/C15H18N4O2S.ClH/c1-9-4-5-10(6-11(9)15(21)19(2)3)17-14(20)12-8-22-13(7-16)18-12;/h4-6,8H,7,16H2,1-3H3,(H,17,20);1H. The van der Waals surface area contributed by atoms with Crippen molar-refractivity contribution in [2.75, 3.05) is 19.4 Å². The predicted molar refractivity (Wildman–Crippen MR) is 94.4 cm³/mol. The van der Waals surface area contributed by atoms with Crippen molar-refractivity contribution in [1.82, 2.24) is 9.88 Å². The fourth-order valence-corrected chi connectivity index (χ4v) is 2.53. The summed E-state index contributed by atoms with van der Waals surface area (Å²) in [4.78, 5) is 29.9. The molecule has 0 radical (unpaired) electrons. The largest absolute Gasteiger partial charge is 0.345 e. The first-order valence-electron chi connectivity index (χ1n) is 6.70. The van der Waals surface area contributed by atoms with Crippen LogP contribution in [0.15, 0.2) is 23.6 Å². The molecule has 0 aliphatic heterocycles. The van der Waals surface area contributed by atoms with Crippen LogP contribution in [0.25, 0.3) is 0 Å². The summed E-state index contributed by atoms with van der Waals surface area (Å²) >= 11 is 1.35. The molecule has 0 aliphatic rings. The highest BCUT2D eigenvalue weighted by atomic mass is 35.5. The Hall–Kier alpha value is -1.96. The summed E-state index contributed by atoms with van der Waals surface area (Å²) < 4.78 is 0. The lowest BCUT2D eigenvalue weighted by Crippen LogP contribution is -2.23. The third kappa shape index (κ3) is 4.51. The molecular formula is C15H19ClN4O2S. The van der Waals surface area contributed by atoms with Gasteiger partial charge in [0.2, 0.25) is 0 Å². The molecule has 0 aliphatic carbocycles. The molecule has 1 aromatic carbocycles. The Labute approximate surface area is 145 Å². The summed E-state index contributed by atoms with van der Waals surface area (Å²) in [6.07, 6.45) is 0. The van der Waals surface area contributed by atoms with Crippen LogP contribution < -0.4 is 11.1 Å². The van der Waals surface area contributed by atoms with Gasteiger partial charge in [0, 0.05) is 37.3 Å². The van der Waals surface area contributed by atoms with Crippen LogP contribution in [0.3, 0.4) is 0 Å². The van der Waals surface area contributed by atoms with Crippen LogP contribution in [0.5, 0.6) is 0 Å². The molecule has 3 N–H and O–H groups in total. The van der Waals surface area contributed by atoms with Crippen molar-refractivity contribution in [3.8, 4) is 0 Å². The summed E-state index contributed by atoms with van der Waals surface area (Å²) in [6, 6.07) is 5.24. The van der Waals surface area contributed by atoms with E-state index in [1.807, 2.05) is 6.92 Å². The van der Waals surface area contributed by atoms with E-state index >= 15 is 0 Å². The second kappa shape index (κ2) is 8.05. The van der Waals surface area contributed by atoms with Crippen molar-refractivity contribution in [3.05, 3.63) is 45.4 Å². The maximum Gasteiger partial charge on any atom is 0.275 e. The number of hydrogen-bond acceptors (Lipinski definition) is 5. The number of anilines is 1. The third-order valence-corrected chi connectivity index (χ3v) is 3.96. The second-order valence-electron chi connectivity index (χ2n) is 5.01. The number of amides is 2. The zero-order chi connectivity index (χ0) is 16.3. The van der Waals surface area contributed by atoms with E-state index in [9.17, 15) is 9.59 Å². The minimum atomic E-state index is -0.317. The van der Waals surface area contributed by atoms with Crippen molar-refractivity contribution in [2.24, 2.45) is 5.73 Å². The van der Waals surface area contributed by atoms with Crippen molar-refractivity contribution < 1.29 is 9.59 Å². The Kier molecular flexibility index (Phi) is 6.68. The summed E-state index contributed by atoms with van der Waals surface area (Å²) in [7, 11) is 3.38. The monoisotopic (exact) mass is 354 g/mol. The molecule has 6 nitrogen and oxygen atoms in total. The first-order chi connectivity index (χ1) is 10.4. The van der Waals surface area contributed by atoms with E-state index in [0.717, 1.165) is 5.56 Å². The zero-order valence-corrected chi connectivity index (χ0v) is 14.8. The van der Waals surface area contributed by atoms with Crippen molar-refractivity contribution in [2.45, 2.75) is 13.5 Å². The van der Waals surface area contributed by atoms with E-state index in [4.69, 9.17) is 5.73 Å². The molecule has 1 heterocycles. The van der Waals surface area contributed by atoms with E-state index < -0.39 is 0 Å². The third-order valence-electron chi connectivity index (χ3n) is 3.09. The van der Waals surface area contributed by atoms with Crippen molar-refractivity contribution >= 4 is 41.2 Å². The number of carbonyl (C=O) groups is 2. The van der Waals surface area contributed by atoms with Crippen molar-refractivity contribution in [1.29, 1.82) is 0 Å². The van der Waals surface area contributed by atoms with Crippen LogP contribution in [0, 0.1) is 6.92 Å². The number of halogens is 1. The van der Waals surface area contributed by atoms with E-state index in [1.165, 1.54) is 16.2 Å². The van der Waals surface area contributed by atoms with Gasteiger partial charge in [0.15, 0.2) is 0 Å². The lowest BCUT2D eigenvalue weighted by molar-refractivity contribution is 0.0826. The van der Waals surface area contributed by atoms with Crippen LogP contribution in [0.1, 0.15) is 31.4 Å². The number of benzene rings is 1. The number of rotatable bonds is 4. The smallest absolute Gasteiger partial charge is 0.275 e. The molecule has 2 aromatic rings. The summed E-state index contributed by atoms with van der Waals surface area (Å²) in [5.74, 6) is -0.421. The number of aryl methyl sites for hydroxylation is 1. The van der Waals surface area contributed by atoms with Gasteiger partial charge in [-0.05, 0) is 24.6 Å². The van der Waals surface area contributed by atoms with Gasteiger partial charge < -0.3 is 16.0 Å². The van der Waals surface area contributed by atoms with Crippen LogP contribution in [0.2, 0.25) is 0 Å². The first-order valence-corrected chi connectivity index (χ1v) is 7.58. The summed E-state index contributed by atoms with van der Waals surface area (Å²) in [5.41, 5.74) is 7.79. The number of nitrogens with zero attached hydrogens (tertiary/aromatic N) is 2.